The molecule has 0 bridgehead atoms. The Balaban J connectivity index is 2.19. The van der Waals surface area contributed by atoms with Crippen LogP contribution in [0.3, 0.4) is 0 Å². The van der Waals surface area contributed by atoms with E-state index in [1.165, 1.54) is 23.1 Å². The molecule has 0 atom stereocenters. The topological polar surface area (TPSA) is 70.5 Å². The average Bonchev–Trinajstić information content (AvgIpc) is 2.51. The maximum atomic E-state index is 13.3. The van der Waals surface area contributed by atoms with Crippen molar-refractivity contribution in [2.24, 2.45) is 0 Å². The molecule has 0 saturated heterocycles. The number of pyridine rings is 1. The van der Waals surface area contributed by atoms with Crippen LogP contribution in [-0.2, 0) is 11.3 Å². The summed E-state index contributed by atoms with van der Waals surface area (Å²) in [6.07, 6.45) is 3.04. The Labute approximate surface area is 127 Å². The van der Waals surface area contributed by atoms with Crippen molar-refractivity contribution < 1.29 is 19.1 Å². The lowest BCUT2D eigenvalue weighted by Crippen LogP contribution is -2.32. The predicted molar refractivity (Wildman–Crippen MR) is 77.6 cm³/mol. The highest BCUT2D eigenvalue weighted by molar-refractivity contribution is 5.94. The van der Waals surface area contributed by atoms with Gasteiger partial charge in [0.2, 0.25) is 0 Å². The summed E-state index contributed by atoms with van der Waals surface area (Å²) in [6.45, 7) is 0.260. The molecule has 1 aromatic carbocycles. The number of carbonyl (C=O) groups excluding carboxylic acids is 1. The zero-order valence-corrected chi connectivity index (χ0v) is 11.8. The summed E-state index contributed by atoms with van der Waals surface area (Å²) in [4.78, 5) is 28.6. The summed E-state index contributed by atoms with van der Waals surface area (Å²) in [5.74, 6) is -1.92. The summed E-state index contributed by atoms with van der Waals surface area (Å²) in [5.41, 5.74) is 0.965. The monoisotopic (exact) mass is 302 g/mol. The number of aromatic nitrogens is 1. The molecule has 0 unspecified atom stereocenters. The molecule has 0 fully saturated rings. The smallest absolute Gasteiger partial charge is 0.305 e. The molecule has 2 aromatic rings. The van der Waals surface area contributed by atoms with Crippen molar-refractivity contribution in [3.8, 4) is 0 Å². The van der Waals surface area contributed by atoms with E-state index in [-0.39, 0.29) is 25.1 Å². The maximum absolute atomic E-state index is 13.3. The first-order valence-corrected chi connectivity index (χ1v) is 6.72. The first-order valence-electron chi connectivity index (χ1n) is 6.72. The fourth-order valence-corrected chi connectivity index (χ4v) is 2.00. The molecule has 0 aliphatic carbocycles. The van der Waals surface area contributed by atoms with E-state index in [1.54, 1.807) is 24.5 Å². The number of hydrogen-bond donors (Lipinski definition) is 1. The van der Waals surface area contributed by atoms with Gasteiger partial charge in [-0.2, -0.15) is 0 Å². The number of halogens is 1. The van der Waals surface area contributed by atoms with Gasteiger partial charge in [0.15, 0.2) is 0 Å². The molecule has 6 heteroatoms. The van der Waals surface area contributed by atoms with Crippen LogP contribution in [0.2, 0.25) is 0 Å². The van der Waals surface area contributed by atoms with Crippen LogP contribution in [0.5, 0.6) is 0 Å². The van der Waals surface area contributed by atoms with E-state index >= 15 is 0 Å². The van der Waals surface area contributed by atoms with Gasteiger partial charge in [-0.05, 0) is 29.8 Å². The molecule has 1 amide bonds. The second-order valence-electron chi connectivity index (χ2n) is 4.74. The molecule has 0 aliphatic heterocycles. The Morgan fingerprint density at radius 2 is 2.05 bits per heavy atom. The van der Waals surface area contributed by atoms with Gasteiger partial charge in [0.25, 0.3) is 5.91 Å². The number of aliphatic carboxylic acids is 1. The number of carbonyl (C=O) groups is 2. The quantitative estimate of drug-likeness (QED) is 0.889. The summed E-state index contributed by atoms with van der Waals surface area (Å²) in [7, 11) is 0. The third-order valence-corrected chi connectivity index (χ3v) is 3.05. The standard InChI is InChI=1S/C16H15FN2O3/c17-14-5-1-4-13(9-14)16(22)19(8-6-15(20)21)11-12-3-2-7-18-10-12/h1-5,7,9-10H,6,8,11H2,(H,20,21). The number of carboxylic acid groups (broad SMARTS) is 1. The molecule has 0 saturated carbocycles. The van der Waals surface area contributed by atoms with Gasteiger partial charge in [-0.15, -0.1) is 0 Å². The van der Waals surface area contributed by atoms with Gasteiger partial charge < -0.3 is 10.0 Å². The number of amides is 1. The van der Waals surface area contributed by atoms with Crippen molar-refractivity contribution in [3.05, 3.63) is 65.7 Å². The zero-order valence-electron chi connectivity index (χ0n) is 11.8. The summed E-state index contributed by atoms with van der Waals surface area (Å²) in [5, 5.41) is 8.81. The van der Waals surface area contributed by atoms with Crippen LogP contribution in [-0.4, -0.2) is 33.4 Å². The lowest BCUT2D eigenvalue weighted by atomic mass is 10.1. The van der Waals surface area contributed by atoms with Crippen molar-refractivity contribution in [2.75, 3.05) is 6.54 Å². The van der Waals surface area contributed by atoms with E-state index in [9.17, 15) is 14.0 Å². The van der Waals surface area contributed by atoms with Crippen molar-refractivity contribution in [2.45, 2.75) is 13.0 Å². The van der Waals surface area contributed by atoms with Crippen LogP contribution in [0.1, 0.15) is 22.3 Å². The SMILES string of the molecule is O=C(O)CCN(Cc1cccnc1)C(=O)c1cccc(F)c1. The predicted octanol–water partition coefficient (Wildman–Crippen LogP) is 2.34. The van der Waals surface area contributed by atoms with E-state index in [4.69, 9.17) is 5.11 Å². The van der Waals surface area contributed by atoms with E-state index in [2.05, 4.69) is 4.98 Å². The van der Waals surface area contributed by atoms with E-state index < -0.39 is 17.7 Å². The minimum atomic E-state index is -0.997. The Hall–Kier alpha value is -2.76. The van der Waals surface area contributed by atoms with Gasteiger partial charge in [0.05, 0.1) is 6.42 Å². The van der Waals surface area contributed by atoms with E-state index in [1.807, 2.05) is 0 Å². The Bertz CT molecular complexity index is 661. The molecule has 2 rings (SSSR count). The Morgan fingerprint density at radius 1 is 1.23 bits per heavy atom. The molecule has 0 spiro atoms. The molecule has 0 aliphatic rings. The largest absolute Gasteiger partial charge is 0.481 e. The molecular weight excluding hydrogens is 287 g/mol. The minimum Gasteiger partial charge on any atom is -0.481 e. The summed E-state index contributed by atoms with van der Waals surface area (Å²) in [6, 6.07) is 8.86. The molecule has 5 nitrogen and oxygen atoms in total. The lowest BCUT2D eigenvalue weighted by Gasteiger charge is -2.22. The van der Waals surface area contributed by atoms with Crippen LogP contribution in [0.4, 0.5) is 4.39 Å². The molecule has 114 valence electrons. The minimum absolute atomic E-state index is 0.0412. The summed E-state index contributed by atoms with van der Waals surface area (Å²) < 4.78 is 13.3. The second kappa shape index (κ2) is 7.31. The molecular formula is C16H15FN2O3. The van der Waals surface area contributed by atoms with Gasteiger partial charge in [0.1, 0.15) is 5.82 Å². The van der Waals surface area contributed by atoms with Crippen LogP contribution in [0.15, 0.2) is 48.8 Å². The average molecular weight is 302 g/mol. The number of carboxylic acids is 1. The van der Waals surface area contributed by atoms with Crippen molar-refractivity contribution in [1.82, 2.24) is 9.88 Å². The molecule has 0 radical (unpaired) electrons. The number of hydrogen-bond acceptors (Lipinski definition) is 3. The highest BCUT2D eigenvalue weighted by Gasteiger charge is 2.17. The normalized spacial score (nSPS) is 10.2. The zero-order chi connectivity index (χ0) is 15.9. The summed E-state index contributed by atoms with van der Waals surface area (Å²) >= 11 is 0. The third kappa shape index (κ3) is 4.37. The van der Waals surface area contributed by atoms with Gasteiger partial charge >= 0.3 is 5.97 Å². The highest BCUT2D eigenvalue weighted by Crippen LogP contribution is 2.11. The van der Waals surface area contributed by atoms with Crippen LogP contribution < -0.4 is 0 Å². The number of benzene rings is 1. The Kier molecular flexibility index (Phi) is 5.19. The number of rotatable bonds is 6. The highest BCUT2D eigenvalue weighted by atomic mass is 19.1. The van der Waals surface area contributed by atoms with Gasteiger partial charge in [-0.25, -0.2) is 4.39 Å². The third-order valence-electron chi connectivity index (χ3n) is 3.05. The van der Waals surface area contributed by atoms with Crippen LogP contribution >= 0.6 is 0 Å². The molecule has 1 aromatic heterocycles. The van der Waals surface area contributed by atoms with Crippen LogP contribution in [0, 0.1) is 5.82 Å². The first-order chi connectivity index (χ1) is 10.6. The van der Waals surface area contributed by atoms with Crippen molar-refractivity contribution in [1.29, 1.82) is 0 Å². The van der Waals surface area contributed by atoms with Crippen molar-refractivity contribution in [3.63, 3.8) is 0 Å². The fraction of sp³-hybridized carbons (Fsp3) is 0.188. The molecule has 22 heavy (non-hydrogen) atoms. The van der Waals surface area contributed by atoms with Gasteiger partial charge in [-0.1, -0.05) is 12.1 Å². The van der Waals surface area contributed by atoms with Crippen molar-refractivity contribution >= 4 is 11.9 Å². The van der Waals surface area contributed by atoms with E-state index in [0.29, 0.717) is 0 Å². The lowest BCUT2D eigenvalue weighted by molar-refractivity contribution is -0.137. The Morgan fingerprint density at radius 3 is 2.68 bits per heavy atom. The van der Waals surface area contributed by atoms with Crippen LogP contribution in [0.25, 0.3) is 0 Å². The molecule has 1 heterocycles. The van der Waals surface area contributed by atoms with Gasteiger partial charge in [0, 0.05) is 31.0 Å². The van der Waals surface area contributed by atoms with Gasteiger partial charge in [-0.3, -0.25) is 14.6 Å². The first kappa shape index (κ1) is 15.6. The number of nitrogens with zero attached hydrogens (tertiary/aromatic N) is 2. The fourth-order valence-electron chi connectivity index (χ4n) is 2.00. The van der Waals surface area contributed by atoms with E-state index in [0.717, 1.165) is 11.6 Å². The maximum Gasteiger partial charge on any atom is 0.305 e. The second-order valence-corrected chi connectivity index (χ2v) is 4.74. The molecule has 1 N–H and O–H groups in total.